The number of fused-ring (bicyclic) bond motifs is 4. The second-order valence-corrected chi connectivity index (χ2v) is 6.44. The van der Waals surface area contributed by atoms with E-state index in [1.807, 2.05) is 0 Å². The number of methoxy groups -OCH3 is 1. The number of carboxylic acid groups (broad SMARTS) is 1. The summed E-state index contributed by atoms with van der Waals surface area (Å²) in [6.07, 6.45) is 0. The number of carboxylic acids is 1. The Kier molecular flexibility index (Phi) is 3.73. The maximum Gasteiger partial charge on any atom is 0.339 e. The quantitative estimate of drug-likeness (QED) is 0.674. The van der Waals surface area contributed by atoms with Gasteiger partial charge in [-0.25, -0.2) is 9.59 Å². The number of esters is 1. The van der Waals surface area contributed by atoms with E-state index in [2.05, 4.69) is 0 Å². The standard InChI is InChI=1S/C21H14O8/c1-25-21(24)18-12(20(22)23)6-10-3-5-14-19(29-9-27-14)17(10)16(18)11-2-4-13-15(7-11)28-8-26-13/h2-7H,8-9H2,1H3,(H,22,23). The molecule has 3 aromatic rings. The smallest absolute Gasteiger partial charge is 0.339 e. The van der Waals surface area contributed by atoms with E-state index in [4.69, 9.17) is 23.7 Å². The molecular formula is C21H14O8. The molecule has 0 spiro atoms. The van der Waals surface area contributed by atoms with Gasteiger partial charge in [0.05, 0.1) is 18.2 Å². The molecule has 8 heteroatoms. The fourth-order valence-corrected chi connectivity index (χ4v) is 3.68. The molecule has 0 aliphatic carbocycles. The van der Waals surface area contributed by atoms with Gasteiger partial charge in [-0.05, 0) is 35.2 Å². The van der Waals surface area contributed by atoms with Crippen LogP contribution in [0.1, 0.15) is 20.7 Å². The van der Waals surface area contributed by atoms with Gasteiger partial charge in [0.1, 0.15) is 0 Å². The van der Waals surface area contributed by atoms with E-state index >= 15 is 0 Å². The maximum absolute atomic E-state index is 12.7. The number of aromatic carboxylic acids is 1. The van der Waals surface area contributed by atoms with Crippen molar-refractivity contribution >= 4 is 22.7 Å². The molecule has 146 valence electrons. The average Bonchev–Trinajstić information content (AvgIpc) is 3.39. The summed E-state index contributed by atoms with van der Waals surface area (Å²) in [6.45, 7) is 0.119. The zero-order chi connectivity index (χ0) is 20.1. The molecule has 0 bridgehead atoms. The Bertz CT molecular complexity index is 1200. The van der Waals surface area contributed by atoms with Crippen LogP contribution in [0.15, 0.2) is 36.4 Å². The predicted octanol–water partition coefficient (Wildman–Crippen LogP) is 3.45. The van der Waals surface area contributed by atoms with Gasteiger partial charge in [-0.2, -0.15) is 0 Å². The number of benzene rings is 3. The molecule has 8 nitrogen and oxygen atoms in total. The van der Waals surface area contributed by atoms with E-state index in [1.165, 1.54) is 13.2 Å². The first kappa shape index (κ1) is 17.2. The van der Waals surface area contributed by atoms with Crippen LogP contribution in [0.4, 0.5) is 0 Å². The second-order valence-electron chi connectivity index (χ2n) is 6.44. The first-order valence-corrected chi connectivity index (χ1v) is 8.69. The summed E-state index contributed by atoms with van der Waals surface area (Å²) in [4.78, 5) is 24.7. The fourth-order valence-electron chi connectivity index (χ4n) is 3.68. The van der Waals surface area contributed by atoms with Crippen molar-refractivity contribution in [2.24, 2.45) is 0 Å². The fraction of sp³-hybridized carbons (Fsp3) is 0.143. The summed E-state index contributed by atoms with van der Waals surface area (Å²) in [5, 5.41) is 10.9. The molecule has 0 saturated carbocycles. The highest BCUT2D eigenvalue weighted by molar-refractivity contribution is 6.17. The summed E-state index contributed by atoms with van der Waals surface area (Å²) in [6, 6.07) is 10.0. The van der Waals surface area contributed by atoms with Crippen LogP contribution in [-0.2, 0) is 4.74 Å². The van der Waals surface area contributed by atoms with Crippen LogP contribution >= 0.6 is 0 Å². The molecule has 0 saturated heterocycles. The summed E-state index contributed by atoms with van der Waals surface area (Å²) >= 11 is 0. The lowest BCUT2D eigenvalue weighted by atomic mass is 9.88. The van der Waals surface area contributed by atoms with Crippen molar-refractivity contribution in [1.29, 1.82) is 0 Å². The normalized spacial score (nSPS) is 13.6. The minimum Gasteiger partial charge on any atom is -0.478 e. The van der Waals surface area contributed by atoms with Crippen molar-refractivity contribution in [3.63, 3.8) is 0 Å². The molecule has 0 radical (unpaired) electrons. The molecule has 2 aliphatic heterocycles. The Labute approximate surface area is 164 Å². The van der Waals surface area contributed by atoms with E-state index in [9.17, 15) is 14.7 Å². The predicted molar refractivity (Wildman–Crippen MR) is 99.9 cm³/mol. The molecule has 1 N–H and O–H groups in total. The molecule has 0 unspecified atom stereocenters. The number of carbonyl (C=O) groups excluding carboxylic acids is 1. The highest BCUT2D eigenvalue weighted by Crippen LogP contribution is 2.47. The number of hydrogen-bond donors (Lipinski definition) is 1. The SMILES string of the molecule is COC(=O)c1c(C(=O)O)cc2ccc3c(c2c1-c1ccc2c(c1)OCO2)OCO3. The number of hydrogen-bond acceptors (Lipinski definition) is 7. The van der Waals surface area contributed by atoms with Crippen LogP contribution in [-0.4, -0.2) is 37.7 Å². The molecule has 2 heterocycles. The minimum atomic E-state index is -1.24. The largest absolute Gasteiger partial charge is 0.478 e. The molecule has 0 aromatic heterocycles. The van der Waals surface area contributed by atoms with Crippen molar-refractivity contribution in [1.82, 2.24) is 0 Å². The molecule has 3 aromatic carbocycles. The number of carbonyl (C=O) groups is 2. The summed E-state index contributed by atoms with van der Waals surface area (Å²) in [7, 11) is 1.20. The summed E-state index contributed by atoms with van der Waals surface area (Å²) in [5.41, 5.74) is 0.685. The second kappa shape index (κ2) is 6.30. The Balaban J connectivity index is 1.94. The van der Waals surface area contributed by atoms with Crippen LogP contribution in [0, 0.1) is 0 Å². The topological polar surface area (TPSA) is 101 Å². The van der Waals surface area contributed by atoms with Crippen molar-refractivity contribution in [2.75, 3.05) is 20.7 Å². The molecule has 0 atom stereocenters. The average molecular weight is 394 g/mol. The van der Waals surface area contributed by atoms with E-state index in [0.29, 0.717) is 44.9 Å². The van der Waals surface area contributed by atoms with Gasteiger partial charge in [-0.15, -0.1) is 0 Å². The highest BCUT2D eigenvalue weighted by Gasteiger charge is 2.30. The van der Waals surface area contributed by atoms with Gasteiger partial charge in [-0.1, -0.05) is 12.1 Å². The molecule has 29 heavy (non-hydrogen) atoms. The Morgan fingerprint density at radius 2 is 1.66 bits per heavy atom. The van der Waals surface area contributed by atoms with Crippen LogP contribution in [0.25, 0.3) is 21.9 Å². The van der Waals surface area contributed by atoms with Gasteiger partial charge in [0.25, 0.3) is 0 Å². The molecule has 5 rings (SSSR count). The van der Waals surface area contributed by atoms with Gasteiger partial charge in [0.15, 0.2) is 23.0 Å². The Morgan fingerprint density at radius 1 is 0.931 bits per heavy atom. The van der Waals surface area contributed by atoms with Gasteiger partial charge < -0.3 is 28.8 Å². The van der Waals surface area contributed by atoms with Crippen molar-refractivity contribution in [3.8, 4) is 34.1 Å². The summed E-state index contributed by atoms with van der Waals surface area (Å²) in [5.74, 6) is 0.00454. The lowest BCUT2D eigenvalue weighted by molar-refractivity contribution is 0.0584. The summed E-state index contributed by atoms with van der Waals surface area (Å²) < 4.78 is 26.9. The molecule has 0 fully saturated rings. The van der Waals surface area contributed by atoms with Crippen molar-refractivity contribution in [2.45, 2.75) is 0 Å². The zero-order valence-electron chi connectivity index (χ0n) is 15.2. The zero-order valence-corrected chi connectivity index (χ0v) is 15.2. The maximum atomic E-state index is 12.7. The van der Waals surface area contributed by atoms with Crippen LogP contribution in [0.3, 0.4) is 0 Å². The lowest BCUT2D eigenvalue weighted by Crippen LogP contribution is -2.12. The van der Waals surface area contributed by atoms with Gasteiger partial charge >= 0.3 is 11.9 Å². The third-order valence-electron chi connectivity index (χ3n) is 4.92. The molecule has 0 amide bonds. The number of ether oxygens (including phenoxy) is 5. The minimum absolute atomic E-state index is 0.0310. The number of rotatable bonds is 3. The van der Waals surface area contributed by atoms with Crippen molar-refractivity contribution in [3.05, 3.63) is 47.5 Å². The Hall–Kier alpha value is -3.94. The molecule has 2 aliphatic rings. The first-order valence-electron chi connectivity index (χ1n) is 8.69. The van der Waals surface area contributed by atoms with Crippen LogP contribution < -0.4 is 18.9 Å². The van der Waals surface area contributed by atoms with E-state index < -0.39 is 11.9 Å². The Morgan fingerprint density at radius 3 is 2.45 bits per heavy atom. The third kappa shape index (κ3) is 2.53. The van der Waals surface area contributed by atoms with E-state index in [1.54, 1.807) is 30.3 Å². The lowest BCUT2D eigenvalue weighted by Gasteiger charge is -2.16. The first-order chi connectivity index (χ1) is 14.1. The van der Waals surface area contributed by atoms with Crippen LogP contribution in [0.5, 0.6) is 23.0 Å². The van der Waals surface area contributed by atoms with E-state index in [0.717, 1.165) is 0 Å². The van der Waals surface area contributed by atoms with Gasteiger partial charge in [-0.3, -0.25) is 0 Å². The highest BCUT2D eigenvalue weighted by atomic mass is 16.7. The van der Waals surface area contributed by atoms with Crippen molar-refractivity contribution < 1.29 is 38.4 Å². The van der Waals surface area contributed by atoms with Crippen LogP contribution in [0.2, 0.25) is 0 Å². The van der Waals surface area contributed by atoms with Gasteiger partial charge in [0, 0.05) is 10.9 Å². The molecular weight excluding hydrogens is 380 g/mol. The monoisotopic (exact) mass is 394 g/mol. The third-order valence-corrected chi connectivity index (χ3v) is 4.92. The van der Waals surface area contributed by atoms with Gasteiger partial charge in [0.2, 0.25) is 13.6 Å². The van der Waals surface area contributed by atoms with E-state index in [-0.39, 0.29) is 24.7 Å².